The summed E-state index contributed by atoms with van der Waals surface area (Å²) >= 11 is 0. The second-order valence-corrected chi connectivity index (χ2v) is 13.0. The second kappa shape index (κ2) is 18.8. The highest BCUT2D eigenvalue weighted by atomic mass is 16.5. The van der Waals surface area contributed by atoms with E-state index in [1.807, 2.05) is 36.4 Å². The average molecular weight is 730 g/mol. The molecule has 0 N–H and O–H groups in total. The van der Waals surface area contributed by atoms with Crippen LogP contribution in [0.2, 0.25) is 0 Å². The Balaban J connectivity index is 0.000000392. The molecule has 4 aromatic rings. The summed E-state index contributed by atoms with van der Waals surface area (Å²) < 4.78 is 11.0. The highest BCUT2D eigenvalue weighted by Gasteiger charge is 2.13. The molecule has 6 rings (SSSR count). The molecule has 2 aliphatic heterocycles. The van der Waals surface area contributed by atoms with Gasteiger partial charge >= 0.3 is 0 Å². The van der Waals surface area contributed by atoms with Gasteiger partial charge in [-0.15, -0.1) is 0 Å². The van der Waals surface area contributed by atoms with Crippen LogP contribution < -0.4 is 4.90 Å². The minimum atomic E-state index is 0.0502. The number of allylic oxidation sites excluding steroid dienone is 12. The smallest absolute Gasteiger partial charge is 0.269 e. The van der Waals surface area contributed by atoms with Crippen LogP contribution in [0.15, 0.2) is 173 Å². The van der Waals surface area contributed by atoms with E-state index < -0.39 is 0 Å². The normalized spacial score (nSPS) is 14.1. The van der Waals surface area contributed by atoms with Crippen LogP contribution in [0.25, 0.3) is 27.9 Å². The van der Waals surface area contributed by atoms with E-state index in [1.54, 1.807) is 45.1 Å². The van der Waals surface area contributed by atoms with Crippen molar-refractivity contribution < 1.29 is 9.47 Å². The lowest BCUT2D eigenvalue weighted by Gasteiger charge is -2.25. The third-order valence-corrected chi connectivity index (χ3v) is 8.54. The third kappa shape index (κ3) is 10.6. The fraction of sp³-hybridized carbons (Fsp3) is 0.102. The fourth-order valence-electron chi connectivity index (χ4n) is 5.77. The molecule has 0 bridgehead atoms. The van der Waals surface area contributed by atoms with Crippen molar-refractivity contribution >= 4 is 35.3 Å². The number of rotatable bonds is 7. The lowest BCUT2D eigenvalue weighted by molar-refractivity contribution is 0.304. The van der Waals surface area contributed by atoms with E-state index in [-0.39, 0.29) is 11.4 Å². The van der Waals surface area contributed by atoms with Gasteiger partial charge in [0, 0.05) is 17.1 Å². The molecule has 0 atom stereocenters. The Bertz CT molecular complexity index is 2420. The fourth-order valence-corrected chi connectivity index (χ4v) is 5.77. The molecule has 0 amide bonds. The average Bonchev–Trinajstić information content (AvgIpc) is 3.19. The Morgan fingerprint density at radius 1 is 0.500 bits per heavy atom. The SMILES string of the molecule is [C-]#[N+]/C(C#N)=C1\C=C(C)OC(/C=C/c2ccc(/C=C/c3ccc(N(c4ccc(C)cc4)c4ccc(C)cc4)cc3)cc2)=C1.[C-]#[N+]C(C#N)=C1C=C(C)OC(C)=C1. The summed E-state index contributed by atoms with van der Waals surface area (Å²) in [4.78, 5) is 8.70. The van der Waals surface area contributed by atoms with Crippen molar-refractivity contribution in [2.75, 3.05) is 4.90 Å². The van der Waals surface area contributed by atoms with Gasteiger partial charge in [-0.05, 0) is 129 Å². The minimum Gasteiger partial charge on any atom is -0.467 e. The Labute approximate surface area is 329 Å². The van der Waals surface area contributed by atoms with Crippen LogP contribution in [0.4, 0.5) is 17.1 Å². The molecule has 56 heavy (non-hydrogen) atoms. The van der Waals surface area contributed by atoms with Gasteiger partial charge in [-0.2, -0.15) is 0 Å². The van der Waals surface area contributed by atoms with Gasteiger partial charge in [0.25, 0.3) is 11.4 Å². The zero-order valence-corrected chi connectivity index (χ0v) is 31.9. The highest BCUT2D eigenvalue weighted by Crippen LogP contribution is 2.35. The van der Waals surface area contributed by atoms with Crippen molar-refractivity contribution in [3.8, 4) is 12.1 Å². The number of hydrogen-bond donors (Lipinski definition) is 0. The minimum absolute atomic E-state index is 0.0502. The molecule has 0 unspecified atom stereocenters. The zero-order valence-electron chi connectivity index (χ0n) is 31.9. The molecule has 0 spiro atoms. The summed E-state index contributed by atoms with van der Waals surface area (Å²) in [5.41, 5.74) is 10.4. The van der Waals surface area contributed by atoms with Gasteiger partial charge in [-0.3, -0.25) is 0 Å². The Morgan fingerprint density at radius 2 is 0.839 bits per heavy atom. The molecule has 0 aromatic heterocycles. The largest absolute Gasteiger partial charge is 0.467 e. The quantitative estimate of drug-likeness (QED) is 0.107. The van der Waals surface area contributed by atoms with Crippen molar-refractivity contribution in [1.82, 2.24) is 0 Å². The molecule has 2 heterocycles. The molecule has 0 fully saturated rings. The number of nitrogens with zero attached hydrogens (tertiary/aromatic N) is 5. The van der Waals surface area contributed by atoms with Crippen LogP contribution in [0.5, 0.6) is 0 Å². The van der Waals surface area contributed by atoms with Crippen molar-refractivity contribution in [2.24, 2.45) is 0 Å². The van der Waals surface area contributed by atoms with Gasteiger partial charge in [-0.25, -0.2) is 20.2 Å². The lowest BCUT2D eigenvalue weighted by atomic mass is 10.1. The standard InChI is InChI=1S/C39H31N3O.C10H8N2O/c1-28-5-18-35(19-6-28)42(36-20-7-29(2)8-21-36)37-22-15-33(16-23-37)14-11-31-9-12-32(13-10-31)17-24-38-26-34(25-30(3)43-38)39(27-40)41-4;1-7-4-9(5-8(2)13-7)10(6-11)12-3/h5-26H,1-3H3;4-5H,1-2H3/b14-11+,24-17+,39-34+;. The van der Waals surface area contributed by atoms with Crippen LogP contribution in [0, 0.1) is 49.7 Å². The zero-order chi connectivity index (χ0) is 40.0. The molecule has 4 aromatic carbocycles. The predicted molar refractivity (Wildman–Crippen MR) is 225 cm³/mol. The molecular weight excluding hydrogens is 691 g/mol. The summed E-state index contributed by atoms with van der Waals surface area (Å²) in [7, 11) is 0. The molecule has 0 aliphatic carbocycles. The first kappa shape index (κ1) is 39.4. The maximum absolute atomic E-state index is 9.19. The first-order valence-corrected chi connectivity index (χ1v) is 17.7. The van der Waals surface area contributed by atoms with Gasteiger partial charge in [0.15, 0.2) is 0 Å². The van der Waals surface area contributed by atoms with Crippen LogP contribution in [0.3, 0.4) is 0 Å². The van der Waals surface area contributed by atoms with E-state index in [2.05, 4.69) is 126 Å². The first-order valence-electron chi connectivity index (χ1n) is 17.7. The van der Waals surface area contributed by atoms with Gasteiger partial charge in [0.1, 0.15) is 11.5 Å². The molecule has 0 saturated heterocycles. The number of anilines is 3. The first-order chi connectivity index (χ1) is 27.1. The maximum atomic E-state index is 9.19. The van der Waals surface area contributed by atoms with Crippen molar-refractivity contribution in [3.05, 3.63) is 224 Å². The summed E-state index contributed by atoms with van der Waals surface area (Å²) in [6.45, 7) is 23.6. The predicted octanol–water partition coefficient (Wildman–Crippen LogP) is 13.0. The number of ether oxygens (including phenoxy) is 2. The Kier molecular flexibility index (Phi) is 13.2. The van der Waals surface area contributed by atoms with Crippen molar-refractivity contribution in [3.63, 3.8) is 0 Å². The van der Waals surface area contributed by atoms with Crippen molar-refractivity contribution in [1.29, 1.82) is 10.5 Å². The van der Waals surface area contributed by atoms with Crippen molar-refractivity contribution in [2.45, 2.75) is 34.6 Å². The van der Waals surface area contributed by atoms with Crippen LogP contribution in [0.1, 0.15) is 48.6 Å². The van der Waals surface area contributed by atoms with Crippen LogP contribution in [-0.2, 0) is 9.47 Å². The summed E-state index contributed by atoms with van der Waals surface area (Å²) in [6, 6.07) is 37.8. The lowest BCUT2D eigenvalue weighted by Crippen LogP contribution is -2.09. The Hall–Kier alpha value is -7.84. The summed E-state index contributed by atoms with van der Waals surface area (Å²) in [6.07, 6.45) is 14.8. The second-order valence-electron chi connectivity index (χ2n) is 13.0. The van der Waals surface area contributed by atoms with E-state index in [0.717, 1.165) is 33.8 Å². The molecule has 0 saturated carbocycles. The maximum Gasteiger partial charge on any atom is 0.269 e. The summed E-state index contributed by atoms with van der Waals surface area (Å²) in [5, 5.41) is 17.8. The highest BCUT2D eigenvalue weighted by molar-refractivity contribution is 5.78. The van der Waals surface area contributed by atoms with Gasteiger partial charge in [0.05, 0.1) is 36.8 Å². The van der Waals surface area contributed by atoms with Gasteiger partial charge in [-0.1, -0.05) is 90.0 Å². The van der Waals surface area contributed by atoms with E-state index in [1.165, 1.54) is 11.1 Å². The van der Waals surface area contributed by atoms with E-state index in [4.69, 9.17) is 27.9 Å². The van der Waals surface area contributed by atoms with E-state index in [9.17, 15) is 5.26 Å². The topological polar surface area (TPSA) is 78.0 Å². The monoisotopic (exact) mass is 729 g/mol. The molecule has 2 aliphatic rings. The van der Waals surface area contributed by atoms with E-state index >= 15 is 0 Å². The number of aryl methyl sites for hydroxylation is 2. The number of hydrogen-bond acceptors (Lipinski definition) is 5. The molecule has 272 valence electrons. The number of benzene rings is 4. The molecule has 7 nitrogen and oxygen atoms in total. The summed E-state index contributed by atoms with van der Waals surface area (Å²) in [5.74, 6) is 2.63. The van der Waals surface area contributed by atoms with Gasteiger partial charge < -0.3 is 14.4 Å². The Morgan fingerprint density at radius 3 is 1.23 bits per heavy atom. The molecule has 0 radical (unpaired) electrons. The third-order valence-electron chi connectivity index (χ3n) is 8.54. The molecule has 7 heteroatoms. The number of nitriles is 2. The van der Waals surface area contributed by atoms with Crippen LogP contribution >= 0.6 is 0 Å². The molecular formula is C49H39N5O2. The van der Waals surface area contributed by atoms with Gasteiger partial charge in [0.2, 0.25) is 0 Å². The van der Waals surface area contributed by atoms with Crippen LogP contribution in [-0.4, -0.2) is 0 Å². The van der Waals surface area contributed by atoms with E-state index in [0.29, 0.717) is 34.2 Å².